The van der Waals surface area contributed by atoms with Gasteiger partial charge in [0.25, 0.3) is 0 Å². The van der Waals surface area contributed by atoms with Crippen LogP contribution in [0, 0.1) is 13.8 Å². The highest BCUT2D eigenvalue weighted by atomic mass is 16.2. The van der Waals surface area contributed by atoms with Gasteiger partial charge in [0, 0.05) is 11.5 Å². The summed E-state index contributed by atoms with van der Waals surface area (Å²) in [6, 6.07) is 17.7. The molecule has 0 aliphatic rings. The third kappa shape index (κ3) is 5.89. The molecule has 33 heavy (non-hydrogen) atoms. The Kier molecular flexibility index (Phi) is 7.36. The summed E-state index contributed by atoms with van der Waals surface area (Å²) in [6.45, 7) is 12.2. The summed E-state index contributed by atoms with van der Waals surface area (Å²) in [5.74, 6) is -0.150. The first-order valence-corrected chi connectivity index (χ1v) is 11.4. The second kappa shape index (κ2) is 10.0. The summed E-state index contributed by atoms with van der Waals surface area (Å²) in [4.78, 5) is 25.5. The van der Waals surface area contributed by atoms with E-state index in [-0.39, 0.29) is 29.7 Å². The molecule has 0 radical (unpaired) electrons. The first kappa shape index (κ1) is 24.2. The fraction of sp³-hybridized carbons (Fsp3) is 0.370. The predicted molar refractivity (Wildman–Crippen MR) is 133 cm³/mol. The van der Waals surface area contributed by atoms with Crippen LogP contribution in [0.15, 0.2) is 54.6 Å². The molecule has 0 aliphatic heterocycles. The van der Waals surface area contributed by atoms with Gasteiger partial charge < -0.3 is 10.6 Å². The van der Waals surface area contributed by atoms with Crippen molar-refractivity contribution in [2.24, 2.45) is 0 Å². The van der Waals surface area contributed by atoms with E-state index in [4.69, 9.17) is 5.10 Å². The lowest BCUT2D eigenvalue weighted by atomic mass is 9.92. The van der Waals surface area contributed by atoms with Crippen molar-refractivity contribution in [3.63, 3.8) is 0 Å². The molecule has 6 nitrogen and oxygen atoms in total. The molecule has 3 rings (SSSR count). The van der Waals surface area contributed by atoms with Gasteiger partial charge in [-0.2, -0.15) is 5.10 Å². The van der Waals surface area contributed by atoms with Gasteiger partial charge >= 0.3 is 0 Å². The van der Waals surface area contributed by atoms with E-state index in [1.165, 1.54) is 0 Å². The van der Waals surface area contributed by atoms with Crippen LogP contribution in [0.2, 0.25) is 0 Å². The summed E-state index contributed by atoms with van der Waals surface area (Å²) in [5.41, 5.74) is 4.78. The minimum Gasteiger partial charge on any atom is -0.346 e. The smallest absolute Gasteiger partial charge is 0.244 e. The maximum atomic E-state index is 12.8. The molecule has 2 N–H and O–H groups in total. The van der Waals surface area contributed by atoms with Gasteiger partial charge in [-0.05, 0) is 37.5 Å². The van der Waals surface area contributed by atoms with Crippen molar-refractivity contribution in [1.29, 1.82) is 0 Å². The van der Waals surface area contributed by atoms with E-state index in [0.29, 0.717) is 12.2 Å². The number of anilines is 1. The largest absolute Gasteiger partial charge is 0.346 e. The maximum absolute atomic E-state index is 12.8. The predicted octanol–water partition coefficient (Wildman–Crippen LogP) is 5.04. The molecule has 0 saturated carbocycles. The molecule has 2 amide bonds. The van der Waals surface area contributed by atoms with Crippen LogP contribution in [-0.4, -0.2) is 28.1 Å². The molecule has 3 aromatic rings. The van der Waals surface area contributed by atoms with Crippen LogP contribution in [0.25, 0.3) is 5.69 Å². The highest BCUT2D eigenvalue weighted by molar-refractivity contribution is 5.95. The highest BCUT2D eigenvalue weighted by Crippen LogP contribution is 2.27. The Hall–Kier alpha value is -3.41. The summed E-state index contributed by atoms with van der Waals surface area (Å²) in [5, 5.41) is 10.5. The average Bonchev–Trinajstić information content (AvgIpc) is 3.17. The fourth-order valence-electron chi connectivity index (χ4n) is 3.80. The van der Waals surface area contributed by atoms with Crippen LogP contribution < -0.4 is 10.6 Å². The number of amides is 2. The molecule has 1 atom stereocenters. The summed E-state index contributed by atoms with van der Waals surface area (Å²) in [7, 11) is 0. The van der Waals surface area contributed by atoms with Crippen molar-refractivity contribution < 1.29 is 9.59 Å². The number of carbonyl (C=O) groups is 2. The summed E-state index contributed by atoms with van der Waals surface area (Å²) in [6.07, 6.45) is 0.659. The van der Waals surface area contributed by atoms with Crippen molar-refractivity contribution in [3.8, 4) is 5.69 Å². The van der Waals surface area contributed by atoms with Crippen LogP contribution in [0.4, 0.5) is 5.82 Å². The van der Waals surface area contributed by atoms with Gasteiger partial charge in [-0.1, -0.05) is 75.7 Å². The number of hydrogen-bond donors (Lipinski definition) is 2. The van der Waals surface area contributed by atoms with Gasteiger partial charge in [-0.25, -0.2) is 4.68 Å². The Morgan fingerprint density at radius 2 is 1.73 bits per heavy atom. The number of nitrogens with zero attached hydrogens (tertiary/aromatic N) is 2. The molecular formula is C27H34N4O2. The number of rotatable bonds is 7. The van der Waals surface area contributed by atoms with Gasteiger partial charge in [0.05, 0.1) is 23.8 Å². The first-order chi connectivity index (χ1) is 15.6. The van der Waals surface area contributed by atoms with E-state index in [9.17, 15) is 9.59 Å². The number of nitrogens with one attached hydrogen (secondary N) is 2. The van der Waals surface area contributed by atoms with Crippen molar-refractivity contribution in [2.75, 3.05) is 11.9 Å². The van der Waals surface area contributed by atoms with Gasteiger partial charge in [0.2, 0.25) is 11.8 Å². The Labute approximate surface area is 196 Å². The van der Waals surface area contributed by atoms with Gasteiger partial charge in [0.15, 0.2) is 0 Å². The minimum absolute atomic E-state index is 0.106. The molecule has 1 aromatic heterocycles. The fourth-order valence-corrected chi connectivity index (χ4v) is 3.80. The minimum atomic E-state index is -0.294. The van der Waals surface area contributed by atoms with Crippen LogP contribution in [0.1, 0.15) is 62.4 Å². The Bertz CT molecular complexity index is 1130. The number of aromatic nitrogens is 2. The lowest BCUT2D eigenvalue weighted by molar-refractivity contribution is -0.125. The van der Waals surface area contributed by atoms with E-state index in [2.05, 4.69) is 37.5 Å². The van der Waals surface area contributed by atoms with Crippen LogP contribution >= 0.6 is 0 Å². The van der Waals surface area contributed by atoms with E-state index in [1.54, 1.807) is 4.68 Å². The number of carbonyl (C=O) groups excluding carboxylic acids is 2. The van der Waals surface area contributed by atoms with Crippen LogP contribution in [0.5, 0.6) is 0 Å². The number of benzene rings is 2. The molecular weight excluding hydrogens is 412 g/mol. The second-order valence-electron chi connectivity index (χ2n) is 9.50. The second-order valence-corrected chi connectivity index (χ2v) is 9.50. The van der Waals surface area contributed by atoms with Gasteiger partial charge in [0.1, 0.15) is 5.82 Å². The molecule has 0 saturated heterocycles. The first-order valence-electron chi connectivity index (χ1n) is 11.4. The van der Waals surface area contributed by atoms with Crippen molar-refractivity contribution in [3.05, 3.63) is 77.0 Å². The molecule has 0 fully saturated rings. The van der Waals surface area contributed by atoms with E-state index < -0.39 is 0 Å². The van der Waals surface area contributed by atoms with Crippen molar-refractivity contribution >= 4 is 17.6 Å². The summed E-state index contributed by atoms with van der Waals surface area (Å²) >= 11 is 0. The molecule has 0 spiro atoms. The third-order valence-electron chi connectivity index (χ3n) is 5.68. The maximum Gasteiger partial charge on any atom is 0.244 e. The Morgan fingerprint density at radius 3 is 2.33 bits per heavy atom. The molecule has 1 heterocycles. The normalized spacial score (nSPS) is 12.3. The van der Waals surface area contributed by atoms with E-state index >= 15 is 0 Å². The molecule has 174 valence electrons. The van der Waals surface area contributed by atoms with Crippen LogP contribution in [0.3, 0.4) is 0 Å². The Morgan fingerprint density at radius 1 is 1.03 bits per heavy atom. The lowest BCUT2D eigenvalue weighted by Gasteiger charge is -2.16. The van der Waals surface area contributed by atoms with Crippen molar-refractivity contribution in [1.82, 2.24) is 15.1 Å². The zero-order chi connectivity index (χ0) is 24.2. The number of aryl methyl sites for hydroxylation is 2. The monoisotopic (exact) mass is 446 g/mol. The van der Waals surface area contributed by atoms with Crippen LogP contribution in [-0.2, 0) is 15.0 Å². The zero-order valence-corrected chi connectivity index (χ0v) is 20.4. The molecule has 0 aliphatic carbocycles. The molecule has 6 heteroatoms. The van der Waals surface area contributed by atoms with Gasteiger partial charge in [-0.15, -0.1) is 0 Å². The SMILES string of the molecule is CCC(C(=O)NCC(=O)Nc1cc(C(C)(C)C)nn1-c1ccc(C)cc1C)c1ccccc1. The van der Waals surface area contributed by atoms with E-state index in [1.807, 2.05) is 69.3 Å². The standard InChI is InChI=1S/C27H34N4O2/c1-7-21(20-11-9-8-10-12-20)26(33)28-17-25(32)29-24-16-23(27(4,5)6)30-31(24)22-14-13-18(2)15-19(22)3/h8-16,21H,7,17H2,1-6H3,(H,28,33)(H,29,32). The topological polar surface area (TPSA) is 76.0 Å². The average molecular weight is 447 g/mol. The summed E-state index contributed by atoms with van der Waals surface area (Å²) < 4.78 is 1.77. The van der Waals surface area contributed by atoms with E-state index in [0.717, 1.165) is 28.1 Å². The molecule has 2 aromatic carbocycles. The molecule has 0 bridgehead atoms. The molecule has 1 unspecified atom stereocenters. The highest BCUT2D eigenvalue weighted by Gasteiger charge is 2.23. The quantitative estimate of drug-likeness (QED) is 0.534. The third-order valence-corrected chi connectivity index (χ3v) is 5.68. The van der Waals surface area contributed by atoms with Crippen molar-refractivity contribution in [2.45, 2.75) is 59.3 Å². The van der Waals surface area contributed by atoms with Gasteiger partial charge in [-0.3, -0.25) is 9.59 Å². The Balaban J connectivity index is 1.77. The lowest BCUT2D eigenvalue weighted by Crippen LogP contribution is -2.36. The number of hydrogen-bond acceptors (Lipinski definition) is 3. The zero-order valence-electron chi connectivity index (χ0n) is 20.4.